The van der Waals surface area contributed by atoms with E-state index in [1.807, 2.05) is 39.0 Å². The molecule has 0 aliphatic rings. The minimum atomic E-state index is -1.02. The van der Waals surface area contributed by atoms with E-state index >= 15 is 0 Å². The maximum absolute atomic E-state index is 13.4. The fourth-order valence-electron chi connectivity index (χ4n) is 4.16. The Kier molecular flexibility index (Phi) is 6.80. The minimum Gasteiger partial charge on any atom is -0.492 e. The zero-order chi connectivity index (χ0) is 25.3. The number of hydrogen-bond donors (Lipinski definition) is 2. The lowest BCUT2D eigenvalue weighted by Crippen LogP contribution is -2.22. The Labute approximate surface area is 208 Å². The summed E-state index contributed by atoms with van der Waals surface area (Å²) in [4.78, 5) is 29.9. The van der Waals surface area contributed by atoms with E-state index in [9.17, 15) is 14.7 Å². The number of ether oxygens (including phenoxy) is 1. The summed E-state index contributed by atoms with van der Waals surface area (Å²) in [6.45, 7) is 6.21. The van der Waals surface area contributed by atoms with Gasteiger partial charge < -0.3 is 15.2 Å². The second-order valence-corrected chi connectivity index (χ2v) is 8.75. The van der Waals surface area contributed by atoms with Gasteiger partial charge in [-0.1, -0.05) is 29.8 Å². The van der Waals surface area contributed by atoms with E-state index in [-0.39, 0.29) is 17.2 Å². The van der Waals surface area contributed by atoms with Gasteiger partial charge in [0.05, 0.1) is 34.1 Å². The Morgan fingerprint density at radius 1 is 1.20 bits per heavy atom. The molecule has 0 spiro atoms. The van der Waals surface area contributed by atoms with Gasteiger partial charge in [0.1, 0.15) is 11.6 Å². The van der Waals surface area contributed by atoms with E-state index in [4.69, 9.17) is 21.3 Å². The van der Waals surface area contributed by atoms with Crippen LogP contribution >= 0.6 is 11.6 Å². The number of halogens is 1. The van der Waals surface area contributed by atoms with Crippen molar-refractivity contribution in [3.05, 3.63) is 86.7 Å². The number of hydrogen-bond acceptors (Lipinski definition) is 5. The fraction of sp³-hybridized carbons (Fsp3) is 0.222. The predicted octanol–water partition coefficient (Wildman–Crippen LogP) is 5.83. The van der Waals surface area contributed by atoms with E-state index in [1.165, 1.54) is 4.57 Å². The number of aromatic carboxylic acids is 1. The first kappa shape index (κ1) is 24.3. The maximum atomic E-state index is 13.4. The molecule has 0 saturated heterocycles. The van der Waals surface area contributed by atoms with Gasteiger partial charge in [-0.15, -0.1) is 0 Å². The number of anilines is 1. The molecule has 4 rings (SSSR count). The van der Waals surface area contributed by atoms with Gasteiger partial charge in [0.25, 0.3) is 5.56 Å². The standard InChI is InChI=1S/C27H26ClN3O4/c1-5-35-23-11-10-17(14-21(23)28)25-30-24-19(12-15(2)13-20(24)26(32)31(25)4)16(3)29-22-9-7-6-8-18(22)27(33)34/h6-14,16,29H,5H2,1-4H3,(H,33,34). The predicted molar refractivity (Wildman–Crippen MR) is 139 cm³/mol. The second kappa shape index (κ2) is 9.80. The number of benzene rings is 3. The number of nitrogens with zero attached hydrogens (tertiary/aromatic N) is 2. The zero-order valence-electron chi connectivity index (χ0n) is 19.9. The number of rotatable bonds is 7. The van der Waals surface area contributed by atoms with E-state index in [0.717, 1.165) is 11.1 Å². The number of nitrogens with one attached hydrogen (secondary N) is 1. The van der Waals surface area contributed by atoms with Crippen LogP contribution in [0.3, 0.4) is 0 Å². The van der Waals surface area contributed by atoms with Crippen molar-refractivity contribution in [2.75, 3.05) is 11.9 Å². The van der Waals surface area contributed by atoms with Crippen molar-refractivity contribution >= 4 is 34.2 Å². The first-order valence-electron chi connectivity index (χ1n) is 11.2. The summed E-state index contributed by atoms with van der Waals surface area (Å²) in [5, 5.41) is 13.8. The average Bonchev–Trinajstić information content (AvgIpc) is 2.83. The van der Waals surface area contributed by atoms with Gasteiger partial charge >= 0.3 is 5.97 Å². The average molecular weight is 492 g/mol. The molecule has 0 bridgehead atoms. The molecule has 0 radical (unpaired) electrons. The van der Waals surface area contributed by atoms with E-state index in [0.29, 0.717) is 45.4 Å². The SMILES string of the molecule is CCOc1ccc(-c2nc3c(C(C)Nc4ccccc4C(=O)O)cc(C)cc3c(=O)n2C)cc1Cl. The second-order valence-electron chi connectivity index (χ2n) is 8.34. The molecule has 8 heteroatoms. The number of carbonyl (C=O) groups is 1. The lowest BCUT2D eigenvalue weighted by molar-refractivity contribution is 0.0698. The highest BCUT2D eigenvalue weighted by Gasteiger charge is 2.19. The number of aromatic nitrogens is 2. The molecule has 0 saturated carbocycles. The quantitative estimate of drug-likeness (QED) is 0.337. The first-order chi connectivity index (χ1) is 16.7. The summed E-state index contributed by atoms with van der Waals surface area (Å²) < 4.78 is 7.04. The van der Waals surface area contributed by atoms with Crippen molar-refractivity contribution in [1.29, 1.82) is 0 Å². The third-order valence-electron chi connectivity index (χ3n) is 5.84. The summed E-state index contributed by atoms with van der Waals surface area (Å²) in [6, 6.07) is 15.5. The molecule has 1 heterocycles. The molecule has 0 fully saturated rings. The Bertz CT molecular complexity index is 1500. The molecule has 2 N–H and O–H groups in total. The number of carboxylic acid groups (broad SMARTS) is 1. The lowest BCUT2D eigenvalue weighted by Gasteiger charge is -2.20. The van der Waals surface area contributed by atoms with Gasteiger partial charge in [-0.25, -0.2) is 9.78 Å². The molecule has 0 amide bonds. The van der Waals surface area contributed by atoms with Crippen LogP contribution in [0.2, 0.25) is 5.02 Å². The number of carboxylic acids is 1. The van der Waals surface area contributed by atoms with Crippen molar-refractivity contribution in [3.63, 3.8) is 0 Å². The molecule has 180 valence electrons. The van der Waals surface area contributed by atoms with Crippen LogP contribution in [0.15, 0.2) is 59.4 Å². The van der Waals surface area contributed by atoms with E-state index in [1.54, 1.807) is 43.4 Å². The molecule has 1 atom stereocenters. The third kappa shape index (κ3) is 4.72. The van der Waals surface area contributed by atoms with Crippen LogP contribution < -0.4 is 15.6 Å². The summed E-state index contributed by atoms with van der Waals surface area (Å²) in [5.41, 5.74) is 3.40. The van der Waals surface area contributed by atoms with Gasteiger partial charge in [-0.05, 0) is 62.7 Å². The van der Waals surface area contributed by atoms with Crippen LogP contribution in [0.1, 0.15) is 41.4 Å². The molecule has 3 aromatic carbocycles. The van der Waals surface area contributed by atoms with Crippen LogP contribution in [0.4, 0.5) is 5.69 Å². The molecule has 1 aromatic heterocycles. The summed E-state index contributed by atoms with van der Waals surface area (Å²) >= 11 is 6.40. The van der Waals surface area contributed by atoms with Crippen LogP contribution in [0.5, 0.6) is 5.75 Å². The van der Waals surface area contributed by atoms with Gasteiger partial charge in [0.15, 0.2) is 0 Å². The fourth-order valence-corrected chi connectivity index (χ4v) is 4.39. The number of para-hydroxylation sites is 1. The molecule has 0 aliphatic carbocycles. The van der Waals surface area contributed by atoms with Crippen molar-refractivity contribution in [2.45, 2.75) is 26.8 Å². The molecule has 7 nitrogen and oxygen atoms in total. The molecule has 0 aliphatic heterocycles. The highest BCUT2D eigenvalue weighted by Crippen LogP contribution is 2.32. The van der Waals surface area contributed by atoms with Gasteiger partial charge in [-0.2, -0.15) is 0 Å². The van der Waals surface area contributed by atoms with Crippen molar-refractivity contribution in [1.82, 2.24) is 9.55 Å². The summed E-state index contributed by atoms with van der Waals surface area (Å²) in [5.74, 6) is 0.0154. The Hall–Kier alpha value is -3.84. The zero-order valence-corrected chi connectivity index (χ0v) is 20.7. The highest BCUT2D eigenvalue weighted by molar-refractivity contribution is 6.32. The Morgan fingerprint density at radius 3 is 2.63 bits per heavy atom. The summed E-state index contributed by atoms with van der Waals surface area (Å²) in [6.07, 6.45) is 0. The van der Waals surface area contributed by atoms with Gasteiger partial charge in [0.2, 0.25) is 0 Å². The van der Waals surface area contributed by atoms with Gasteiger partial charge in [0, 0.05) is 23.9 Å². The monoisotopic (exact) mass is 491 g/mol. The molecular formula is C27H26ClN3O4. The van der Waals surface area contributed by atoms with Crippen LogP contribution in [-0.4, -0.2) is 27.2 Å². The third-order valence-corrected chi connectivity index (χ3v) is 6.14. The molecule has 35 heavy (non-hydrogen) atoms. The molecular weight excluding hydrogens is 466 g/mol. The normalized spacial score (nSPS) is 11.9. The molecule has 1 unspecified atom stereocenters. The van der Waals surface area contributed by atoms with E-state index in [2.05, 4.69) is 5.32 Å². The number of aryl methyl sites for hydroxylation is 1. The van der Waals surface area contributed by atoms with Crippen LogP contribution in [0.25, 0.3) is 22.3 Å². The topological polar surface area (TPSA) is 93.5 Å². The largest absolute Gasteiger partial charge is 0.492 e. The lowest BCUT2D eigenvalue weighted by atomic mass is 10.00. The van der Waals surface area contributed by atoms with Crippen molar-refractivity contribution in [3.8, 4) is 17.1 Å². The Balaban J connectivity index is 1.87. The Morgan fingerprint density at radius 2 is 1.94 bits per heavy atom. The van der Waals surface area contributed by atoms with Gasteiger partial charge in [-0.3, -0.25) is 9.36 Å². The smallest absolute Gasteiger partial charge is 0.337 e. The van der Waals surface area contributed by atoms with Crippen molar-refractivity contribution < 1.29 is 14.6 Å². The van der Waals surface area contributed by atoms with Crippen LogP contribution in [0, 0.1) is 6.92 Å². The maximum Gasteiger partial charge on any atom is 0.337 e. The van der Waals surface area contributed by atoms with E-state index < -0.39 is 5.97 Å². The van der Waals surface area contributed by atoms with Crippen LogP contribution in [-0.2, 0) is 7.05 Å². The molecule has 4 aromatic rings. The summed E-state index contributed by atoms with van der Waals surface area (Å²) in [7, 11) is 1.68. The minimum absolute atomic E-state index is 0.171. The van der Waals surface area contributed by atoms with Crippen molar-refractivity contribution in [2.24, 2.45) is 7.05 Å². The number of fused-ring (bicyclic) bond motifs is 1. The first-order valence-corrected chi connectivity index (χ1v) is 11.6. The highest BCUT2D eigenvalue weighted by atomic mass is 35.5.